The van der Waals surface area contributed by atoms with Crippen LogP contribution in [-0.4, -0.2) is 36.5 Å². The number of nitrogens with zero attached hydrogens (tertiary/aromatic N) is 1. The van der Waals surface area contributed by atoms with E-state index in [2.05, 4.69) is 12.1 Å². The zero-order valence-corrected chi connectivity index (χ0v) is 15.0. The highest BCUT2D eigenvalue weighted by Crippen LogP contribution is 2.53. The Morgan fingerprint density at radius 3 is 2.62 bits per heavy atom. The van der Waals surface area contributed by atoms with Gasteiger partial charge in [0.15, 0.2) is 0 Å². The molecule has 2 aliphatic heterocycles. The molecule has 3 atom stereocenters. The van der Waals surface area contributed by atoms with Crippen LogP contribution in [0.4, 0.5) is 0 Å². The second kappa shape index (κ2) is 5.95. The van der Waals surface area contributed by atoms with Gasteiger partial charge in [0.1, 0.15) is 4.21 Å². The van der Waals surface area contributed by atoms with Gasteiger partial charge >= 0.3 is 0 Å². The number of rotatable bonds is 5. The zero-order valence-electron chi connectivity index (χ0n) is 13.3. The maximum atomic E-state index is 13.1. The van der Waals surface area contributed by atoms with Crippen LogP contribution >= 0.6 is 11.3 Å². The van der Waals surface area contributed by atoms with Crippen LogP contribution in [0.3, 0.4) is 0 Å². The van der Waals surface area contributed by atoms with Gasteiger partial charge in [-0.25, -0.2) is 8.42 Å². The lowest BCUT2D eigenvalue weighted by Crippen LogP contribution is -2.43. The monoisotopic (exact) mass is 363 g/mol. The molecule has 0 spiro atoms. The molecule has 4 nitrogen and oxygen atoms in total. The molecule has 2 saturated heterocycles. The molecule has 0 amide bonds. The number of hydrogen-bond acceptors (Lipinski definition) is 4. The summed E-state index contributed by atoms with van der Waals surface area (Å²) in [5.74, 6) is 0. The van der Waals surface area contributed by atoms with Crippen LogP contribution in [0.5, 0.6) is 0 Å². The van der Waals surface area contributed by atoms with E-state index in [9.17, 15) is 13.5 Å². The Balaban J connectivity index is 1.69. The van der Waals surface area contributed by atoms with E-state index in [0.29, 0.717) is 4.21 Å². The van der Waals surface area contributed by atoms with Gasteiger partial charge in [-0.05, 0) is 42.7 Å². The van der Waals surface area contributed by atoms with E-state index in [0.717, 1.165) is 31.2 Å². The van der Waals surface area contributed by atoms with Crippen molar-refractivity contribution in [2.45, 2.75) is 42.0 Å². The van der Waals surface area contributed by atoms with Crippen molar-refractivity contribution in [3.8, 4) is 0 Å². The van der Waals surface area contributed by atoms with E-state index in [1.54, 1.807) is 21.8 Å². The Kier molecular flexibility index (Phi) is 4.03. The van der Waals surface area contributed by atoms with Crippen molar-refractivity contribution >= 4 is 21.4 Å². The average molecular weight is 364 g/mol. The van der Waals surface area contributed by atoms with Crippen molar-refractivity contribution in [1.82, 2.24) is 4.31 Å². The number of thiophene rings is 1. The third kappa shape index (κ3) is 2.44. The fourth-order valence-corrected chi connectivity index (χ4v) is 7.58. The molecule has 1 aromatic carbocycles. The molecule has 6 heteroatoms. The van der Waals surface area contributed by atoms with Gasteiger partial charge in [-0.15, -0.1) is 11.3 Å². The summed E-state index contributed by atoms with van der Waals surface area (Å²) in [6.45, 7) is 0.0273. The summed E-state index contributed by atoms with van der Waals surface area (Å²) in [6.07, 6.45) is 3.20. The third-order valence-corrected chi connectivity index (χ3v) is 8.86. The molecule has 2 aromatic rings. The minimum atomic E-state index is -3.46. The second-order valence-electron chi connectivity index (χ2n) is 6.90. The van der Waals surface area contributed by atoms with Crippen LogP contribution in [0.25, 0.3) is 0 Å². The predicted octanol–water partition coefficient (Wildman–Crippen LogP) is 2.89. The number of benzene rings is 1. The van der Waals surface area contributed by atoms with Gasteiger partial charge < -0.3 is 5.11 Å². The molecule has 1 N–H and O–H groups in total. The van der Waals surface area contributed by atoms with Crippen molar-refractivity contribution < 1.29 is 13.5 Å². The number of sulfonamides is 1. The average Bonchev–Trinajstić information content (AvgIpc) is 3.31. The van der Waals surface area contributed by atoms with Crippen molar-refractivity contribution in [1.29, 1.82) is 0 Å². The summed E-state index contributed by atoms with van der Waals surface area (Å²) in [6, 6.07) is 13.4. The van der Waals surface area contributed by atoms with E-state index in [1.807, 2.05) is 18.2 Å². The Hall–Kier alpha value is -1.21. The summed E-state index contributed by atoms with van der Waals surface area (Å²) in [7, 11) is -3.46. The highest BCUT2D eigenvalue weighted by Gasteiger charge is 2.59. The molecule has 2 fully saturated rings. The molecule has 2 bridgehead atoms. The lowest BCUT2D eigenvalue weighted by Gasteiger charge is -2.36. The Morgan fingerprint density at radius 2 is 1.96 bits per heavy atom. The van der Waals surface area contributed by atoms with Gasteiger partial charge in [0.05, 0.1) is 6.61 Å². The molecule has 4 rings (SSSR count). The SMILES string of the molecule is O=S(=O)(c1cccs1)N1[C@H]2CC[C@@H]1[C@@](CO)(Cc1ccccc1)C2. The van der Waals surface area contributed by atoms with Crippen LogP contribution < -0.4 is 0 Å². The standard InChI is InChI=1S/C18H21NO3S2/c20-13-18(11-14-5-2-1-3-6-14)12-15-8-9-16(18)19(15)24(21,22)17-7-4-10-23-17/h1-7,10,15-16,20H,8-9,11-13H2/t15-,16+,18-/m0/s1. The molecular formula is C18H21NO3S2. The maximum Gasteiger partial charge on any atom is 0.253 e. The van der Waals surface area contributed by atoms with E-state index in [1.165, 1.54) is 11.3 Å². The van der Waals surface area contributed by atoms with Gasteiger partial charge in [-0.2, -0.15) is 4.31 Å². The first-order chi connectivity index (χ1) is 11.6. The van der Waals surface area contributed by atoms with E-state index in [4.69, 9.17) is 0 Å². The fraction of sp³-hybridized carbons (Fsp3) is 0.444. The van der Waals surface area contributed by atoms with E-state index < -0.39 is 10.0 Å². The third-order valence-electron chi connectivity index (χ3n) is 5.53. The Labute approximate surface area is 146 Å². The number of fused-ring (bicyclic) bond motifs is 2. The predicted molar refractivity (Wildman–Crippen MR) is 94.4 cm³/mol. The minimum Gasteiger partial charge on any atom is -0.396 e. The fourth-order valence-electron chi connectivity index (χ4n) is 4.53. The Morgan fingerprint density at radius 1 is 1.17 bits per heavy atom. The maximum absolute atomic E-state index is 13.1. The first-order valence-electron chi connectivity index (χ1n) is 8.29. The van der Waals surface area contributed by atoms with Gasteiger partial charge in [-0.1, -0.05) is 36.4 Å². The highest BCUT2D eigenvalue weighted by atomic mass is 32.2. The van der Waals surface area contributed by atoms with Crippen LogP contribution in [-0.2, 0) is 16.4 Å². The van der Waals surface area contributed by atoms with Crippen LogP contribution in [0.2, 0.25) is 0 Å². The lowest BCUT2D eigenvalue weighted by atomic mass is 9.70. The van der Waals surface area contributed by atoms with E-state index >= 15 is 0 Å². The van der Waals surface area contributed by atoms with Crippen LogP contribution in [0, 0.1) is 5.41 Å². The number of aliphatic hydroxyl groups excluding tert-OH is 1. The summed E-state index contributed by atoms with van der Waals surface area (Å²) < 4.78 is 28.3. The van der Waals surface area contributed by atoms with Crippen LogP contribution in [0.1, 0.15) is 24.8 Å². The normalized spacial score (nSPS) is 30.0. The number of hydrogen-bond donors (Lipinski definition) is 1. The van der Waals surface area contributed by atoms with Gasteiger partial charge in [0.2, 0.25) is 0 Å². The van der Waals surface area contributed by atoms with Crippen molar-refractivity contribution in [3.63, 3.8) is 0 Å². The van der Waals surface area contributed by atoms with Crippen molar-refractivity contribution in [2.75, 3.05) is 6.61 Å². The number of aliphatic hydroxyl groups is 1. The first kappa shape index (κ1) is 16.3. The van der Waals surface area contributed by atoms with Crippen molar-refractivity contribution in [3.05, 3.63) is 53.4 Å². The molecule has 0 aliphatic carbocycles. The molecule has 0 saturated carbocycles. The quantitative estimate of drug-likeness (QED) is 0.889. The largest absolute Gasteiger partial charge is 0.396 e. The summed E-state index contributed by atoms with van der Waals surface area (Å²) in [5, 5.41) is 12.0. The van der Waals surface area contributed by atoms with Crippen molar-refractivity contribution in [2.24, 2.45) is 5.41 Å². The lowest BCUT2D eigenvalue weighted by molar-refractivity contribution is 0.0889. The molecular weight excluding hydrogens is 342 g/mol. The molecule has 0 radical (unpaired) electrons. The smallest absolute Gasteiger partial charge is 0.253 e. The summed E-state index contributed by atoms with van der Waals surface area (Å²) in [4.78, 5) is 0. The zero-order chi connectivity index (χ0) is 16.8. The van der Waals surface area contributed by atoms with Crippen LogP contribution in [0.15, 0.2) is 52.1 Å². The summed E-state index contributed by atoms with van der Waals surface area (Å²) in [5.41, 5.74) is 0.793. The summed E-state index contributed by atoms with van der Waals surface area (Å²) >= 11 is 1.27. The van der Waals surface area contributed by atoms with Gasteiger partial charge in [0, 0.05) is 17.5 Å². The molecule has 128 valence electrons. The topological polar surface area (TPSA) is 57.6 Å². The molecule has 0 unspecified atom stereocenters. The van der Waals surface area contributed by atoms with Gasteiger partial charge in [-0.3, -0.25) is 0 Å². The van der Waals surface area contributed by atoms with Gasteiger partial charge in [0.25, 0.3) is 10.0 Å². The highest BCUT2D eigenvalue weighted by molar-refractivity contribution is 7.91. The molecule has 1 aromatic heterocycles. The first-order valence-corrected chi connectivity index (χ1v) is 10.6. The molecule has 2 aliphatic rings. The van der Waals surface area contributed by atoms with E-state index in [-0.39, 0.29) is 24.1 Å². The molecule has 3 heterocycles. The second-order valence-corrected chi connectivity index (χ2v) is 9.92. The minimum absolute atomic E-state index is 0.0120. The Bertz CT molecular complexity index is 804. The molecule has 24 heavy (non-hydrogen) atoms.